The van der Waals surface area contributed by atoms with Crippen LogP contribution in [-0.2, 0) is 19.1 Å². The molecule has 0 bridgehead atoms. The third kappa shape index (κ3) is 3.12. The minimum Gasteiger partial charge on any atom is -0.450 e. The number of para-hydroxylation sites is 1. The van der Waals surface area contributed by atoms with E-state index >= 15 is 0 Å². The average molecular weight is 418 g/mol. The lowest BCUT2D eigenvalue weighted by Gasteiger charge is -2.29. The molecule has 4 rings (SSSR count). The van der Waals surface area contributed by atoms with Crippen LogP contribution in [0.4, 0.5) is 11.5 Å². The fraction of sp³-hybridized carbons (Fsp3) is 0.263. The maximum atomic E-state index is 13.0. The number of esters is 1. The number of nitrogens with zero attached hydrogens (tertiary/aromatic N) is 2. The Morgan fingerprint density at radius 1 is 1.32 bits per heavy atom. The van der Waals surface area contributed by atoms with Gasteiger partial charge >= 0.3 is 5.97 Å². The second-order valence-electron chi connectivity index (χ2n) is 6.48. The Balaban J connectivity index is 1.49. The van der Waals surface area contributed by atoms with Crippen molar-refractivity contribution in [3.05, 3.63) is 47.6 Å². The van der Waals surface area contributed by atoms with Crippen LogP contribution in [0, 0.1) is 0 Å². The van der Waals surface area contributed by atoms with E-state index in [0.29, 0.717) is 22.9 Å². The van der Waals surface area contributed by atoms with Crippen molar-refractivity contribution in [1.82, 2.24) is 4.98 Å². The van der Waals surface area contributed by atoms with Gasteiger partial charge in [-0.05, 0) is 31.2 Å². The van der Waals surface area contributed by atoms with E-state index in [9.17, 15) is 14.4 Å². The lowest BCUT2D eigenvalue weighted by Crippen LogP contribution is -2.49. The van der Waals surface area contributed by atoms with E-state index in [1.165, 1.54) is 29.8 Å². The number of pyridine rings is 1. The van der Waals surface area contributed by atoms with Crippen molar-refractivity contribution in [3.63, 3.8) is 0 Å². The molecule has 9 heteroatoms. The van der Waals surface area contributed by atoms with E-state index in [1.807, 2.05) is 24.3 Å². The molecule has 1 N–H and O–H groups in total. The van der Waals surface area contributed by atoms with E-state index in [4.69, 9.17) is 16.3 Å². The number of amides is 2. The monoisotopic (exact) mass is 417 g/mol. The van der Waals surface area contributed by atoms with Gasteiger partial charge in [-0.1, -0.05) is 35.5 Å². The molecule has 2 aliphatic rings. The summed E-state index contributed by atoms with van der Waals surface area (Å²) in [6.07, 6.45) is 0.936. The number of halogens is 1. The number of fused-ring (bicyclic) bond motifs is 3. The van der Waals surface area contributed by atoms with Crippen LogP contribution in [0.1, 0.15) is 19.8 Å². The van der Waals surface area contributed by atoms with Crippen molar-refractivity contribution in [2.75, 3.05) is 10.2 Å². The lowest BCUT2D eigenvalue weighted by molar-refractivity contribution is -0.155. The molecule has 2 amide bonds. The fourth-order valence-corrected chi connectivity index (χ4v) is 4.77. The summed E-state index contributed by atoms with van der Waals surface area (Å²) in [7, 11) is 0. The number of hydrogen-bond donors (Lipinski definition) is 1. The van der Waals surface area contributed by atoms with Crippen LogP contribution in [0.15, 0.2) is 47.5 Å². The van der Waals surface area contributed by atoms with E-state index in [2.05, 4.69) is 10.3 Å². The largest absolute Gasteiger partial charge is 0.450 e. The van der Waals surface area contributed by atoms with Gasteiger partial charge in [0.2, 0.25) is 5.91 Å². The molecule has 1 fully saturated rings. The van der Waals surface area contributed by atoms with Gasteiger partial charge in [0.05, 0.1) is 10.7 Å². The Hall–Kier alpha value is -2.58. The first kappa shape index (κ1) is 18.8. The Morgan fingerprint density at radius 3 is 2.86 bits per heavy atom. The summed E-state index contributed by atoms with van der Waals surface area (Å²) in [6.45, 7) is 1.48. The number of hydrogen-bond acceptors (Lipinski definition) is 6. The van der Waals surface area contributed by atoms with Crippen molar-refractivity contribution in [3.8, 4) is 0 Å². The van der Waals surface area contributed by atoms with Crippen LogP contribution in [0.25, 0.3) is 0 Å². The van der Waals surface area contributed by atoms with Gasteiger partial charge in [0.1, 0.15) is 5.82 Å². The number of anilines is 2. The molecule has 2 aromatic rings. The molecule has 144 valence electrons. The summed E-state index contributed by atoms with van der Waals surface area (Å²) in [4.78, 5) is 43.0. The van der Waals surface area contributed by atoms with Crippen LogP contribution in [0.2, 0.25) is 5.02 Å². The summed E-state index contributed by atoms with van der Waals surface area (Å²) < 4.78 is 5.46. The maximum Gasteiger partial charge on any atom is 0.344 e. The predicted molar refractivity (Wildman–Crippen MR) is 105 cm³/mol. The van der Waals surface area contributed by atoms with Crippen LogP contribution < -0.4 is 10.2 Å². The van der Waals surface area contributed by atoms with Crippen LogP contribution in [0.3, 0.4) is 0 Å². The first-order valence-electron chi connectivity index (χ1n) is 8.65. The van der Waals surface area contributed by atoms with Crippen LogP contribution in [0.5, 0.6) is 0 Å². The third-order valence-corrected chi connectivity index (χ3v) is 6.30. The van der Waals surface area contributed by atoms with Crippen molar-refractivity contribution in [2.45, 2.75) is 35.6 Å². The molecule has 1 saturated heterocycles. The predicted octanol–water partition coefficient (Wildman–Crippen LogP) is 3.23. The molecule has 2 aliphatic heterocycles. The number of ether oxygens (including phenoxy) is 1. The highest BCUT2D eigenvalue weighted by Gasteiger charge is 2.58. The smallest absolute Gasteiger partial charge is 0.344 e. The summed E-state index contributed by atoms with van der Waals surface area (Å²) in [5, 5.41) is 3.02. The standard InChI is InChI=1S/C19H16ClN3O4S/c1-11(17(25)22-15-7-6-12(20)10-21-15)27-18(26)19-9-8-16(24)23(19)13-4-2-3-5-14(13)28-19/h2-7,10-11H,8-9H2,1H3,(H,21,22,25)/t11-,19+/m0/s1. The number of rotatable bonds is 4. The minimum absolute atomic E-state index is 0.128. The first-order valence-corrected chi connectivity index (χ1v) is 9.85. The fourth-order valence-electron chi connectivity index (χ4n) is 3.26. The molecule has 3 heterocycles. The molecule has 0 unspecified atom stereocenters. The number of thioether (sulfide) groups is 1. The Kier molecular flexibility index (Phi) is 4.76. The van der Waals surface area contributed by atoms with Gasteiger partial charge in [-0.25, -0.2) is 9.78 Å². The molecule has 0 aliphatic carbocycles. The Morgan fingerprint density at radius 2 is 2.11 bits per heavy atom. The molecule has 7 nitrogen and oxygen atoms in total. The molecule has 1 aromatic heterocycles. The van der Waals surface area contributed by atoms with E-state index in [0.717, 1.165) is 4.90 Å². The molecule has 0 saturated carbocycles. The molecule has 2 atom stereocenters. The van der Waals surface area contributed by atoms with Crippen molar-refractivity contribution >= 4 is 52.7 Å². The lowest BCUT2D eigenvalue weighted by atomic mass is 10.2. The average Bonchev–Trinajstić information content (AvgIpc) is 3.19. The summed E-state index contributed by atoms with van der Waals surface area (Å²) >= 11 is 7.07. The zero-order valence-corrected chi connectivity index (χ0v) is 16.4. The highest BCUT2D eigenvalue weighted by molar-refractivity contribution is 8.02. The molecular weight excluding hydrogens is 402 g/mol. The highest BCUT2D eigenvalue weighted by atomic mass is 35.5. The minimum atomic E-state index is -1.16. The number of benzene rings is 1. The quantitative estimate of drug-likeness (QED) is 0.768. The zero-order valence-electron chi connectivity index (χ0n) is 14.8. The van der Waals surface area contributed by atoms with Gasteiger partial charge in [-0.2, -0.15) is 0 Å². The number of nitrogens with one attached hydrogen (secondary N) is 1. The number of carbonyl (C=O) groups excluding carboxylic acids is 3. The first-order chi connectivity index (χ1) is 13.4. The normalized spacial score (nSPS) is 21.1. The Labute approximate surface area is 170 Å². The van der Waals surface area contributed by atoms with Crippen molar-refractivity contribution < 1.29 is 19.1 Å². The third-order valence-electron chi connectivity index (χ3n) is 4.62. The van der Waals surface area contributed by atoms with Gasteiger partial charge in [0, 0.05) is 23.9 Å². The summed E-state index contributed by atoms with van der Waals surface area (Å²) in [6, 6.07) is 10.5. The summed E-state index contributed by atoms with van der Waals surface area (Å²) in [5.74, 6) is -0.949. The SMILES string of the molecule is C[C@H](OC(=O)[C@]12CCC(=O)N1c1ccccc1S2)C(=O)Nc1ccc(Cl)cn1. The van der Waals surface area contributed by atoms with Gasteiger partial charge in [0.25, 0.3) is 5.91 Å². The maximum absolute atomic E-state index is 13.0. The molecule has 1 aromatic carbocycles. The second kappa shape index (κ2) is 7.10. The van der Waals surface area contributed by atoms with Crippen LogP contribution >= 0.6 is 23.4 Å². The van der Waals surface area contributed by atoms with Gasteiger partial charge in [0.15, 0.2) is 11.0 Å². The van der Waals surface area contributed by atoms with E-state index in [1.54, 1.807) is 12.1 Å². The molecule has 28 heavy (non-hydrogen) atoms. The van der Waals surface area contributed by atoms with Gasteiger partial charge < -0.3 is 10.1 Å². The van der Waals surface area contributed by atoms with E-state index in [-0.39, 0.29) is 12.3 Å². The number of aromatic nitrogens is 1. The van der Waals surface area contributed by atoms with E-state index < -0.39 is 22.9 Å². The van der Waals surface area contributed by atoms with Gasteiger partial charge in [-0.3, -0.25) is 14.5 Å². The van der Waals surface area contributed by atoms with Gasteiger partial charge in [-0.15, -0.1) is 0 Å². The van der Waals surface area contributed by atoms with Crippen LogP contribution in [-0.4, -0.2) is 33.7 Å². The molecular formula is C19H16ClN3O4S. The van der Waals surface area contributed by atoms with Crippen molar-refractivity contribution in [1.29, 1.82) is 0 Å². The molecule has 0 radical (unpaired) electrons. The topological polar surface area (TPSA) is 88.6 Å². The Bertz CT molecular complexity index is 968. The zero-order chi connectivity index (χ0) is 19.9. The van der Waals surface area contributed by atoms with Crippen molar-refractivity contribution in [2.24, 2.45) is 0 Å². The second-order valence-corrected chi connectivity index (χ2v) is 8.24. The summed E-state index contributed by atoms with van der Waals surface area (Å²) in [5.41, 5.74) is 0.703. The number of carbonyl (C=O) groups is 3. The molecule has 0 spiro atoms. The highest BCUT2D eigenvalue weighted by Crippen LogP contribution is 2.56.